The van der Waals surface area contributed by atoms with Crippen LogP contribution in [-0.4, -0.2) is 59.3 Å². The zero-order chi connectivity index (χ0) is 30.5. The van der Waals surface area contributed by atoms with Gasteiger partial charge in [0.1, 0.15) is 12.3 Å². The summed E-state index contributed by atoms with van der Waals surface area (Å²) >= 11 is 1.71. The first-order valence-corrected chi connectivity index (χ1v) is 15.5. The number of aryl methyl sites for hydroxylation is 1. The highest BCUT2D eigenvalue weighted by atomic mass is 32.1. The molecule has 1 saturated heterocycles. The molecular formula is C32H47FN4O3S. The molecule has 1 aliphatic carbocycles. The minimum absolute atomic E-state index is 0.213. The lowest BCUT2D eigenvalue weighted by atomic mass is 9.85. The third-order valence-corrected chi connectivity index (χ3v) is 9.37. The summed E-state index contributed by atoms with van der Waals surface area (Å²) in [7, 11) is 2.05. The standard InChI is InChI=1S/C17H24N2S.C15H23FN2O3/c1-11(2)12(3)16(18-5)14-6-8-15(9-7-14)17-13(4)19-10-20-17;1-14(2,3)11(17-13(21)15(16)6-7-15)12(20)18-8-4-5-10(18)9-19/h6-12,16,18H,1-5H3;9-11H,4-8H2,1-3H3,(H,17,21). The fraction of sp³-hybridized carbons (Fsp3) is 0.625. The fourth-order valence-electron chi connectivity index (χ4n) is 5.16. The number of likely N-dealkylation sites (tertiary alicyclic amines) is 1. The number of benzene rings is 1. The second-order valence-electron chi connectivity index (χ2n) is 12.9. The lowest BCUT2D eigenvalue weighted by molar-refractivity contribution is -0.142. The van der Waals surface area contributed by atoms with Gasteiger partial charge in [-0.2, -0.15) is 0 Å². The predicted molar refractivity (Wildman–Crippen MR) is 163 cm³/mol. The lowest BCUT2D eigenvalue weighted by Gasteiger charge is -2.35. The van der Waals surface area contributed by atoms with Crippen LogP contribution in [0.15, 0.2) is 29.8 Å². The zero-order valence-electron chi connectivity index (χ0n) is 25.8. The number of carbonyl (C=O) groups is 3. The van der Waals surface area contributed by atoms with E-state index in [0.717, 1.165) is 18.4 Å². The molecule has 4 atom stereocenters. The average molecular weight is 587 g/mol. The van der Waals surface area contributed by atoms with Crippen molar-refractivity contribution < 1.29 is 18.8 Å². The van der Waals surface area contributed by atoms with E-state index in [0.29, 0.717) is 30.8 Å². The van der Waals surface area contributed by atoms with Crippen LogP contribution in [0.2, 0.25) is 0 Å². The molecule has 2 fully saturated rings. The van der Waals surface area contributed by atoms with E-state index in [2.05, 4.69) is 67.6 Å². The summed E-state index contributed by atoms with van der Waals surface area (Å²) in [5, 5.41) is 6.01. The molecule has 1 aromatic carbocycles. The van der Waals surface area contributed by atoms with Crippen LogP contribution in [0.1, 0.15) is 84.5 Å². The molecule has 0 spiro atoms. The first-order chi connectivity index (χ1) is 19.2. The van der Waals surface area contributed by atoms with E-state index < -0.39 is 29.1 Å². The summed E-state index contributed by atoms with van der Waals surface area (Å²) in [6.07, 6.45) is 2.61. The van der Waals surface area contributed by atoms with Gasteiger partial charge in [0.05, 0.1) is 22.1 Å². The third kappa shape index (κ3) is 8.01. The van der Waals surface area contributed by atoms with Crippen LogP contribution in [0.5, 0.6) is 0 Å². The van der Waals surface area contributed by atoms with E-state index in [4.69, 9.17) is 0 Å². The summed E-state index contributed by atoms with van der Waals surface area (Å²) in [6.45, 7) is 14.9. The van der Waals surface area contributed by atoms with Crippen LogP contribution in [0, 0.1) is 24.2 Å². The minimum atomic E-state index is -1.81. The van der Waals surface area contributed by atoms with Gasteiger partial charge in [0.15, 0.2) is 5.67 Å². The monoisotopic (exact) mass is 586 g/mol. The van der Waals surface area contributed by atoms with Crippen LogP contribution in [0.3, 0.4) is 0 Å². The number of amides is 2. The third-order valence-electron chi connectivity index (χ3n) is 8.39. The smallest absolute Gasteiger partial charge is 0.258 e. The number of carbonyl (C=O) groups excluding carboxylic acids is 3. The van der Waals surface area contributed by atoms with E-state index >= 15 is 0 Å². The van der Waals surface area contributed by atoms with Gasteiger partial charge in [-0.3, -0.25) is 9.59 Å². The van der Waals surface area contributed by atoms with Gasteiger partial charge >= 0.3 is 0 Å². The van der Waals surface area contributed by atoms with Crippen molar-refractivity contribution in [2.45, 2.75) is 97.9 Å². The lowest BCUT2D eigenvalue weighted by Crippen LogP contribution is -2.57. The molecule has 4 rings (SSSR count). The van der Waals surface area contributed by atoms with Crippen molar-refractivity contribution in [1.29, 1.82) is 0 Å². The Morgan fingerprint density at radius 2 is 1.80 bits per heavy atom. The Morgan fingerprint density at radius 1 is 1.17 bits per heavy atom. The predicted octanol–water partition coefficient (Wildman–Crippen LogP) is 5.88. The van der Waals surface area contributed by atoms with Gasteiger partial charge in [-0.05, 0) is 68.0 Å². The molecule has 2 heterocycles. The molecule has 2 N–H and O–H groups in total. The van der Waals surface area contributed by atoms with Crippen molar-refractivity contribution >= 4 is 29.4 Å². The van der Waals surface area contributed by atoms with Crippen molar-refractivity contribution in [2.24, 2.45) is 17.3 Å². The second kappa shape index (κ2) is 13.6. The van der Waals surface area contributed by atoms with Crippen LogP contribution in [0.4, 0.5) is 4.39 Å². The molecule has 2 aromatic rings. The molecule has 9 heteroatoms. The molecule has 1 aliphatic heterocycles. The first kappa shape index (κ1) is 32.9. The van der Waals surface area contributed by atoms with Crippen molar-refractivity contribution in [3.63, 3.8) is 0 Å². The molecule has 2 amide bonds. The fourth-order valence-corrected chi connectivity index (χ4v) is 5.97. The molecule has 4 unspecified atom stereocenters. The number of hydrogen-bond donors (Lipinski definition) is 2. The number of rotatable bonds is 9. The normalized spacial score (nSPS) is 20.0. The molecular weight excluding hydrogens is 539 g/mol. The maximum Gasteiger partial charge on any atom is 0.258 e. The van der Waals surface area contributed by atoms with Crippen LogP contribution in [0.25, 0.3) is 10.4 Å². The molecule has 0 bridgehead atoms. The largest absolute Gasteiger partial charge is 0.341 e. The minimum Gasteiger partial charge on any atom is -0.341 e. The highest BCUT2D eigenvalue weighted by Gasteiger charge is 2.53. The van der Waals surface area contributed by atoms with Gasteiger partial charge in [-0.1, -0.05) is 65.8 Å². The highest BCUT2D eigenvalue weighted by molar-refractivity contribution is 7.13. The second-order valence-corrected chi connectivity index (χ2v) is 13.7. The summed E-state index contributed by atoms with van der Waals surface area (Å²) in [5.41, 5.74) is 3.30. The molecule has 41 heavy (non-hydrogen) atoms. The number of alkyl halides is 1. The van der Waals surface area contributed by atoms with E-state index in [9.17, 15) is 18.8 Å². The van der Waals surface area contributed by atoms with Crippen LogP contribution >= 0.6 is 11.3 Å². The Hall–Kier alpha value is -2.65. The maximum atomic E-state index is 13.8. The molecule has 1 aromatic heterocycles. The number of aldehydes is 1. The Morgan fingerprint density at radius 3 is 2.27 bits per heavy atom. The summed E-state index contributed by atoms with van der Waals surface area (Å²) in [4.78, 5) is 42.7. The maximum absolute atomic E-state index is 13.8. The van der Waals surface area contributed by atoms with E-state index in [1.54, 1.807) is 11.3 Å². The zero-order valence-corrected chi connectivity index (χ0v) is 26.6. The molecule has 7 nitrogen and oxygen atoms in total. The topological polar surface area (TPSA) is 91.4 Å². The van der Waals surface area contributed by atoms with E-state index in [1.165, 1.54) is 20.9 Å². The van der Waals surface area contributed by atoms with Gasteiger partial charge in [0.25, 0.3) is 5.91 Å². The average Bonchev–Trinajstić information content (AvgIpc) is 3.30. The van der Waals surface area contributed by atoms with Crippen molar-refractivity contribution in [3.05, 3.63) is 41.0 Å². The summed E-state index contributed by atoms with van der Waals surface area (Å²) in [6, 6.07) is 8.08. The number of nitrogens with zero attached hydrogens (tertiary/aromatic N) is 2. The van der Waals surface area contributed by atoms with E-state index in [1.807, 2.05) is 33.3 Å². The Balaban J connectivity index is 0.000000226. The SMILES string of the molecule is CC(C)(C)C(NC(=O)C1(F)CC1)C(=O)N1CCCC1C=O.CNC(c1ccc(-c2scnc2C)cc1)C(C)C(C)C. The quantitative estimate of drug-likeness (QED) is 0.358. The van der Waals surface area contributed by atoms with Gasteiger partial charge in [-0.25, -0.2) is 9.37 Å². The highest BCUT2D eigenvalue weighted by Crippen LogP contribution is 2.40. The molecule has 2 aliphatic rings. The number of aromatic nitrogens is 1. The van der Waals surface area contributed by atoms with Gasteiger partial charge in [0.2, 0.25) is 5.91 Å². The first-order valence-electron chi connectivity index (χ1n) is 14.7. The van der Waals surface area contributed by atoms with Gasteiger partial charge in [0, 0.05) is 12.6 Å². The van der Waals surface area contributed by atoms with Crippen molar-refractivity contribution in [2.75, 3.05) is 13.6 Å². The Bertz CT molecular complexity index is 1190. The molecule has 1 saturated carbocycles. The number of halogens is 1. The molecule has 226 valence electrons. The Labute approximate surface area is 248 Å². The number of thiazole rings is 1. The van der Waals surface area contributed by atoms with Crippen LogP contribution in [-0.2, 0) is 14.4 Å². The number of nitrogens with one attached hydrogen (secondary N) is 2. The van der Waals surface area contributed by atoms with Gasteiger partial charge in [-0.15, -0.1) is 11.3 Å². The van der Waals surface area contributed by atoms with Gasteiger partial charge < -0.3 is 20.3 Å². The number of hydrogen-bond acceptors (Lipinski definition) is 6. The van der Waals surface area contributed by atoms with Crippen molar-refractivity contribution in [3.8, 4) is 10.4 Å². The van der Waals surface area contributed by atoms with E-state index in [-0.39, 0.29) is 18.7 Å². The molecule has 0 radical (unpaired) electrons. The van der Waals surface area contributed by atoms with Crippen molar-refractivity contribution in [1.82, 2.24) is 20.5 Å². The Kier molecular flexibility index (Phi) is 10.9. The summed E-state index contributed by atoms with van der Waals surface area (Å²) in [5.74, 6) is 0.263. The summed E-state index contributed by atoms with van der Waals surface area (Å²) < 4.78 is 13.8. The van der Waals surface area contributed by atoms with Crippen LogP contribution < -0.4 is 10.6 Å².